The Labute approximate surface area is 169 Å². The first-order chi connectivity index (χ1) is 14.0. The summed E-state index contributed by atoms with van der Waals surface area (Å²) in [6.07, 6.45) is 1.59. The van der Waals surface area contributed by atoms with Gasteiger partial charge in [0.2, 0.25) is 0 Å². The van der Waals surface area contributed by atoms with Crippen LogP contribution in [0.3, 0.4) is 0 Å². The van der Waals surface area contributed by atoms with Crippen molar-refractivity contribution in [3.63, 3.8) is 0 Å². The summed E-state index contributed by atoms with van der Waals surface area (Å²) in [5, 5.41) is 6.00. The van der Waals surface area contributed by atoms with Crippen molar-refractivity contribution in [3.05, 3.63) is 83.0 Å². The number of anilines is 3. The molecule has 2 aromatic carbocycles. The lowest BCUT2D eigenvalue weighted by Gasteiger charge is -2.09. The summed E-state index contributed by atoms with van der Waals surface area (Å²) >= 11 is 0. The predicted octanol–water partition coefficient (Wildman–Crippen LogP) is 4.87. The Bertz CT molecular complexity index is 1010. The minimum absolute atomic E-state index is 0.176. The number of esters is 1. The number of carbonyl (C=O) groups excluding carboxylic acids is 2. The maximum atomic E-state index is 12.4. The number of hydrogen-bond donors (Lipinski definition) is 2. The number of ether oxygens (including phenoxy) is 1. The number of amides is 1. The third-order valence-electron chi connectivity index (χ3n) is 4.46. The molecule has 0 atom stereocenters. The molecule has 2 N–H and O–H groups in total. The third kappa shape index (κ3) is 5.19. The molecule has 0 spiro atoms. The molecule has 0 fully saturated rings. The topological polar surface area (TPSA) is 80.3 Å². The molecule has 0 bridgehead atoms. The average Bonchev–Trinajstić information content (AvgIpc) is 2.72. The van der Waals surface area contributed by atoms with Gasteiger partial charge in [-0.3, -0.25) is 4.79 Å². The highest BCUT2D eigenvalue weighted by atomic mass is 16.5. The van der Waals surface area contributed by atoms with Gasteiger partial charge in [-0.1, -0.05) is 6.07 Å². The van der Waals surface area contributed by atoms with Gasteiger partial charge in [0.05, 0.1) is 24.1 Å². The number of nitrogens with zero attached hydrogens (tertiary/aromatic N) is 1. The first-order valence-corrected chi connectivity index (χ1v) is 9.35. The highest BCUT2D eigenvalue weighted by Gasteiger charge is 2.08. The zero-order valence-corrected chi connectivity index (χ0v) is 16.7. The minimum atomic E-state index is -0.346. The molecule has 0 unspecified atom stereocenters. The maximum Gasteiger partial charge on any atom is 0.338 e. The van der Waals surface area contributed by atoms with Crippen LogP contribution in [0.4, 0.5) is 17.2 Å². The molecule has 6 nitrogen and oxygen atoms in total. The number of pyridine rings is 1. The number of benzene rings is 2. The molecule has 148 valence electrons. The largest absolute Gasteiger partial charge is 0.462 e. The van der Waals surface area contributed by atoms with Crippen molar-refractivity contribution in [3.8, 4) is 0 Å². The van der Waals surface area contributed by atoms with Crippen molar-refractivity contribution < 1.29 is 14.3 Å². The van der Waals surface area contributed by atoms with Gasteiger partial charge in [-0.05, 0) is 80.4 Å². The fourth-order valence-electron chi connectivity index (χ4n) is 2.68. The van der Waals surface area contributed by atoms with E-state index in [4.69, 9.17) is 4.74 Å². The third-order valence-corrected chi connectivity index (χ3v) is 4.46. The lowest BCUT2D eigenvalue weighted by Crippen LogP contribution is -2.12. The van der Waals surface area contributed by atoms with Crippen LogP contribution in [-0.4, -0.2) is 23.5 Å². The smallest absolute Gasteiger partial charge is 0.338 e. The number of rotatable bonds is 6. The van der Waals surface area contributed by atoms with Crippen LogP contribution in [0.2, 0.25) is 0 Å². The second kappa shape index (κ2) is 9.01. The lowest BCUT2D eigenvalue weighted by atomic mass is 10.1. The van der Waals surface area contributed by atoms with E-state index in [1.165, 1.54) is 0 Å². The Kier molecular flexibility index (Phi) is 6.24. The quantitative estimate of drug-likeness (QED) is 0.588. The summed E-state index contributed by atoms with van der Waals surface area (Å²) in [7, 11) is 0. The van der Waals surface area contributed by atoms with Crippen LogP contribution < -0.4 is 10.6 Å². The molecule has 1 amide bonds. The van der Waals surface area contributed by atoms with Crippen molar-refractivity contribution in [1.29, 1.82) is 0 Å². The molecule has 0 saturated carbocycles. The standard InChI is InChI=1S/C23H23N3O3/c1-4-29-23(28)17-7-9-19(10-8-17)25-21-12-11-20(14-24-21)26-22(27)18-6-5-15(2)16(3)13-18/h5-14H,4H2,1-3H3,(H,24,25)(H,26,27). The van der Waals surface area contributed by atoms with E-state index < -0.39 is 0 Å². The molecule has 1 heterocycles. The second-order valence-electron chi connectivity index (χ2n) is 6.61. The van der Waals surface area contributed by atoms with Crippen LogP contribution in [0, 0.1) is 13.8 Å². The summed E-state index contributed by atoms with van der Waals surface area (Å²) in [4.78, 5) is 28.4. The van der Waals surface area contributed by atoms with Crippen molar-refractivity contribution in [2.24, 2.45) is 0 Å². The molecule has 0 saturated heterocycles. The van der Waals surface area contributed by atoms with Gasteiger partial charge in [0.15, 0.2) is 0 Å². The Morgan fingerprint density at radius 1 is 0.897 bits per heavy atom. The molecule has 1 aromatic heterocycles. The summed E-state index contributed by atoms with van der Waals surface area (Å²) in [6, 6.07) is 16.1. The maximum absolute atomic E-state index is 12.4. The first-order valence-electron chi connectivity index (χ1n) is 9.35. The van der Waals surface area contributed by atoms with Gasteiger partial charge in [0.25, 0.3) is 5.91 Å². The molecule has 3 aromatic rings. The molecule has 3 rings (SSSR count). The number of aromatic nitrogens is 1. The number of carbonyl (C=O) groups is 2. The van der Waals surface area contributed by atoms with Crippen LogP contribution in [-0.2, 0) is 4.74 Å². The average molecular weight is 389 g/mol. The highest BCUT2D eigenvalue weighted by molar-refractivity contribution is 6.04. The van der Waals surface area contributed by atoms with E-state index in [1.54, 1.807) is 55.6 Å². The molecule has 0 aliphatic carbocycles. The summed E-state index contributed by atoms with van der Waals surface area (Å²) in [5.74, 6) is 0.101. The van der Waals surface area contributed by atoms with Crippen molar-refractivity contribution in [2.75, 3.05) is 17.2 Å². The minimum Gasteiger partial charge on any atom is -0.462 e. The summed E-state index contributed by atoms with van der Waals surface area (Å²) in [6.45, 7) is 6.10. The van der Waals surface area contributed by atoms with E-state index >= 15 is 0 Å². The van der Waals surface area contributed by atoms with Crippen LogP contribution >= 0.6 is 0 Å². The van der Waals surface area contributed by atoms with E-state index in [0.29, 0.717) is 29.2 Å². The molecule has 0 radical (unpaired) electrons. The van der Waals surface area contributed by atoms with E-state index in [0.717, 1.165) is 16.8 Å². The van der Waals surface area contributed by atoms with Gasteiger partial charge in [0.1, 0.15) is 5.82 Å². The molecule has 6 heteroatoms. The Hall–Kier alpha value is -3.67. The number of aryl methyl sites for hydroxylation is 2. The molecule has 0 aliphatic rings. The van der Waals surface area contributed by atoms with Crippen molar-refractivity contribution >= 4 is 29.1 Å². The fourth-order valence-corrected chi connectivity index (χ4v) is 2.68. The van der Waals surface area contributed by atoms with Crippen LogP contribution in [0.25, 0.3) is 0 Å². The van der Waals surface area contributed by atoms with Crippen molar-refractivity contribution in [2.45, 2.75) is 20.8 Å². The Morgan fingerprint density at radius 2 is 1.59 bits per heavy atom. The van der Waals surface area contributed by atoms with E-state index in [9.17, 15) is 9.59 Å². The molecular formula is C23H23N3O3. The summed E-state index contributed by atoms with van der Waals surface area (Å²) in [5.41, 5.74) is 4.72. The van der Waals surface area contributed by atoms with Gasteiger partial charge >= 0.3 is 5.97 Å². The van der Waals surface area contributed by atoms with Gasteiger partial charge in [-0.25, -0.2) is 9.78 Å². The predicted molar refractivity (Wildman–Crippen MR) is 114 cm³/mol. The molecule has 0 aliphatic heterocycles. The van der Waals surface area contributed by atoms with Gasteiger partial charge < -0.3 is 15.4 Å². The van der Waals surface area contributed by atoms with Crippen LogP contribution in [0.5, 0.6) is 0 Å². The normalized spacial score (nSPS) is 10.3. The zero-order valence-electron chi connectivity index (χ0n) is 16.7. The fraction of sp³-hybridized carbons (Fsp3) is 0.174. The van der Waals surface area contributed by atoms with Crippen LogP contribution in [0.15, 0.2) is 60.8 Å². The molecular weight excluding hydrogens is 366 g/mol. The molecule has 29 heavy (non-hydrogen) atoms. The highest BCUT2D eigenvalue weighted by Crippen LogP contribution is 2.18. The zero-order chi connectivity index (χ0) is 20.8. The first kappa shape index (κ1) is 20.1. The van der Waals surface area contributed by atoms with E-state index in [1.807, 2.05) is 26.0 Å². The monoisotopic (exact) mass is 389 g/mol. The summed E-state index contributed by atoms with van der Waals surface area (Å²) < 4.78 is 4.97. The van der Waals surface area contributed by atoms with E-state index in [2.05, 4.69) is 15.6 Å². The van der Waals surface area contributed by atoms with Gasteiger partial charge in [-0.2, -0.15) is 0 Å². The van der Waals surface area contributed by atoms with Gasteiger partial charge in [-0.15, -0.1) is 0 Å². The van der Waals surface area contributed by atoms with Crippen molar-refractivity contribution in [1.82, 2.24) is 4.98 Å². The number of hydrogen-bond acceptors (Lipinski definition) is 5. The lowest BCUT2D eigenvalue weighted by molar-refractivity contribution is 0.0526. The number of nitrogens with one attached hydrogen (secondary N) is 2. The van der Waals surface area contributed by atoms with E-state index in [-0.39, 0.29) is 11.9 Å². The SMILES string of the molecule is CCOC(=O)c1ccc(Nc2ccc(NC(=O)c3ccc(C)c(C)c3)cn2)cc1. The Morgan fingerprint density at radius 3 is 2.21 bits per heavy atom. The second-order valence-corrected chi connectivity index (χ2v) is 6.61. The van der Waals surface area contributed by atoms with Crippen LogP contribution in [0.1, 0.15) is 38.8 Å². The Balaban J connectivity index is 1.62. The van der Waals surface area contributed by atoms with Gasteiger partial charge in [0, 0.05) is 11.3 Å².